The van der Waals surface area contributed by atoms with E-state index < -0.39 is 11.5 Å². The molecule has 1 saturated carbocycles. The molecule has 0 aromatic carbocycles. The number of aromatic nitrogens is 2. The summed E-state index contributed by atoms with van der Waals surface area (Å²) >= 11 is 0. The van der Waals surface area contributed by atoms with Gasteiger partial charge in [-0.1, -0.05) is 27.2 Å². The Bertz CT molecular complexity index is 1010. The average molecular weight is 432 g/mol. The maximum atomic E-state index is 13.0. The second-order valence-electron chi connectivity index (χ2n) is 9.07. The summed E-state index contributed by atoms with van der Waals surface area (Å²) in [5.74, 6) is 0.0727. The van der Waals surface area contributed by atoms with E-state index in [1.165, 1.54) is 10.9 Å². The molecule has 31 heavy (non-hydrogen) atoms. The van der Waals surface area contributed by atoms with E-state index in [0.717, 1.165) is 32.1 Å². The number of furan rings is 1. The van der Waals surface area contributed by atoms with Crippen LogP contribution in [0.15, 0.2) is 15.5 Å². The van der Waals surface area contributed by atoms with Crippen molar-refractivity contribution in [3.63, 3.8) is 0 Å². The summed E-state index contributed by atoms with van der Waals surface area (Å²) in [5, 5.41) is 3.10. The minimum Gasteiger partial charge on any atom is -0.462 e. The zero-order chi connectivity index (χ0) is 22.8. The highest BCUT2D eigenvalue weighted by atomic mass is 16.5. The summed E-state index contributed by atoms with van der Waals surface area (Å²) in [4.78, 5) is 42.0. The molecule has 2 heterocycles. The molecule has 0 aliphatic heterocycles. The molecule has 0 atom stereocenters. The minimum atomic E-state index is -0.633. The topological polar surface area (TPSA) is 103 Å². The molecular formula is C23H33N3O5. The number of aryl methyl sites for hydroxylation is 1. The van der Waals surface area contributed by atoms with Gasteiger partial charge >= 0.3 is 5.97 Å². The highest BCUT2D eigenvalue weighted by molar-refractivity contribution is 6.03. The number of rotatable bonds is 7. The lowest BCUT2D eigenvalue weighted by Gasteiger charge is -2.39. The zero-order valence-corrected chi connectivity index (χ0v) is 19.1. The molecule has 1 aliphatic rings. The number of fused-ring (bicyclic) bond motifs is 1. The minimum absolute atomic E-state index is 0.0496. The molecule has 0 saturated heterocycles. The SMILES string of the molecule is CCOC(=O)c1c(C)oc2ncn(CC(=O)NC3CCC(C(C)(C)CC)CC3)c(=O)c12. The van der Waals surface area contributed by atoms with Crippen LogP contribution in [0.1, 0.15) is 75.9 Å². The Kier molecular flexibility index (Phi) is 6.86. The van der Waals surface area contributed by atoms with Crippen LogP contribution in [0.25, 0.3) is 11.1 Å². The van der Waals surface area contributed by atoms with E-state index >= 15 is 0 Å². The first-order chi connectivity index (χ1) is 14.7. The van der Waals surface area contributed by atoms with Crippen molar-refractivity contribution in [2.24, 2.45) is 11.3 Å². The molecule has 0 bridgehead atoms. The van der Waals surface area contributed by atoms with Gasteiger partial charge < -0.3 is 14.5 Å². The van der Waals surface area contributed by atoms with E-state index in [2.05, 4.69) is 31.1 Å². The van der Waals surface area contributed by atoms with E-state index in [0.29, 0.717) is 11.3 Å². The quantitative estimate of drug-likeness (QED) is 0.672. The van der Waals surface area contributed by atoms with Gasteiger partial charge in [-0.2, -0.15) is 0 Å². The van der Waals surface area contributed by atoms with Crippen molar-refractivity contribution in [1.29, 1.82) is 0 Å². The number of carbonyl (C=O) groups is 2. The summed E-state index contributed by atoms with van der Waals surface area (Å²) in [5.41, 5.74) is -0.0311. The monoisotopic (exact) mass is 431 g/mol. The number of ether oxygens (including phenoxy) is 1. The summed E-state index contributed by atoms with van der Waals surface area (Å²) in [6.07, 6.45) is 6.50. The predicted molar refractivity (Wildman–Crippen MR) is 117 cm³/mol. The van der Waals surface area contributed by atoms with E-state index in [1.54, 1.807) is 13.8 Å². The first kappa shape index (κ1) is 23.0. The molecule has 1 fully saturated rings. The number of hydrogen-bond acceptors (Lipinski definition) is 6. The van der Waals surface area contributed by atoms with Gasteiger partial charge in [0, 0.05) is 6.04 Å². The second-order valence-corrected chi connectivity index (χ2v) is 9.07. The van der Waals surface area contributed by atoms with Crippen molar-refractivity contribution in [1.82, 2.24) is 14.9 Å². The van der Waals surface area contributed by atoms with Crippen LogP contribution in [0.2, 0.25) is 0 Å². The largest absolute Gasteiger partial charge is 0.462 e. The van der Waals surface area contributed by atoms with E-state index in [-0.39, 0.29) is 47.5 Å². The molecule has 8 nitrogen and oxygen atoms in total. The molecule has 2 aromatic heterocycles. The molecule has 0 spiro atoms. The first-order valence-electron chi connectivity index (χ1n) is 11.1. The van der Waals surface area contributed by atoms with Gasteiger partial charge in [0.1, 0.15) is 29.6 Å². The summed E-state index contributed by atoms with van der Waals surface area (Å²) in [6.45, 7) is 10.1. The summed E-state index contributed by atoms with van der Waals surface area (Å²) in [7, 11) is 0. The van der Waals surface area contributed by atoms with Crippen LogP contribution in [0.5, 0.6) is 0 Å². The van der Waals surface area contributed by atoms with Crippen molar-refractivity contribution in [3.05, 3.63) is 28.0 Å². The molecule has 0 unspecified atom stereocenters. The lowest BCUT2D eigenvalue weighted by atomic mass is 9.69. The Morgan fingerprint density at radius 2 is 1.94 bits per heavy atom. The van der Waals surface area contributed by atoms with Gasteiger partial charge in [-0.25, -0.2) is 9.78 Å². The van der Waals surface area contributed by atoms with Gasteiger partial charge in [-0.15, -0.1) is 0 Å². The number of nitrogens with one attached hydrogen (secondary N) is 1. The number of hydrogen-bond donors (Lipinski definition) is 1. The highest BCUT2D eigenvalue weighted by Crippen LogP contribution is 2.40. The fraction of sp³-hybridized carbons (Fsp3) is 0.652. The van der Waals surface area contributed by atoms with E-state index in [4.69, 9.17) is 9.15 Å². The van der Waals surface area contributed by atoms with Crippen LogP contribution in [-0.4, -0.2) is 34.1 Å². The van der Waals surface area contributed by atoms with Gasteiger partial charge in [-0.05, 0) is 50.9 Å². The lowest BCUT2D eigenvalue weighted by Crippen LogP contribution is -2.42. The standard InChI is InChI=1S/C23H33N3O5/c1-6-23(4,5)15-8-10-16(11-9-15)25-17(27)12-26-13-24-20-19(21(26)28)18(14(3)31-20)22(29)30-7-2/h13,15-16H,6-12H2,1-5H3,(H,25,27). The lowest BCUT2D eigenvalue weighted by molar-refractivity contribution is -0.122. The van der Waals surface area contributed by atoms with Crippen molar-refractivity contribution >= 4 is 23.0 Å². The maximum Gasteiger partial charge on any atom is 0.342 e. The highest BCUT2D eigenvalue weighted by Gasteiger charge is 2.32. The Hall–Kier alpha value is -2.64. The molecule has 1 aliphatic carbocycles. The fourth-order valence-corrected chi connectivity index (χ4v) is 4.44. The molecule has 1 amide bonds. The average Bonchev–Trinajstić information content (AvgIpc) is 3.07. The van der Waals surface area contributed by atoms with Crippen LogP contribution >= 0.6 is 0 Å². The normalized spacial score (nSPS) is 19.4. The predicted octanol–water partition coefficient (Wildman–Crippen LogP) is 3.59. The van der Waals surface area contributed by atoms with Gasteiger partial charge in [0.15, 0.2) is 0 Å². The second kappa shape index (κ2) is 9.24. The van der Waals surface area contributed by atoms with Crippen LogP contribution in [0, 0.1) is 18.3 Å². The first-order valence-corrected chi connectivity index (χ1v) is 11.1. The summed E-state index contributed by atoms with van der Waals surface area (Å²) in [6, 6.07) is 0.120. The number of nitrogens with zero attached hydrogens (tertiary/aromatic N) is 2. The van der Waals surface area contributed by atoms with Crippen LogP contribution in [0.4, 0.5) is 0 Å². The van der Waals surface area contributed by atoms with E-state index in [9.17, 15) is 14.4 Å². The number of carbonyl (C=O) groups excluding carboxylic acids is 2. The third-order valence-corrected chi connectivity index (χ3v) is 6.76. The van der Waals surface area contributed by atoms with Crippen molar-refractivity contribution in [2.45, 2.75) is 79.3 Å². The Morgan fingerprint density at radius 1 is 1.26 bits per heavy atom. The molecule has 1 N–H and O–H groups in total. The Labute approximate surface area is 182 Å². The fourth-order valence-electron chi connectivity index (χ4n) is 4.44. The zero-order valence-electron chi connectivity index (χ0n) is 19.1. The molecule has 170 valence electrons. The molecule has 3 rings (SSSR count). The van der Waals surface area contributed by atoms with Crippen molar-refractivity contribution in [2.75, 3.05) is 6.61 Å². The van der Waals surface area contributed by atoms with Gasteiger partial charge in [-0.3, -0.25) is 14.2 Å². The molecule has 8 heteroatoms. The third kappa shape index (κ3) is 4.83. The summed E-state index contributed by atoms with van der Waals surface area (Å²) < 4.78 is 11.7. The Balaban J connectivity index is 1.70. The molecule has 2 aromatic rings. The Morgan fingerprint density at radius 3 is 2.55 bits per heavy atom. The van der Waals surface area contributed by atoms with Gasteiger partial charge in [0.2, 0.25) is 11.6 Å². The smallest absolute Gasteiger partial charge is 0.342 e. The van der Waals surface area contributed by atoms with Gasteiger partial charge in [0.25, 0.3) is 5.56 Å². The van der Waals surface area contributed by atoms with Crippen molar-refractivity contribution < 1.29 is 18.7 Å². The van der Waals surface area contributed by atoms with Gasteiger partial charge in [0.05, 0.1) is 6.61 Å². The molecule has 0 radical (unpaired) electrons. The number of amides is 1. The number of esters is 1. The van der Waals surface area contributed by atoms with Crippen LogP contribution < -0.4 is 10.9 Å². The van der Waals surface area contributed by atoms with E-state index in [1.807, 2.05) is 0 Å². The van der Waals surface area contributed by atoms with Crippen LogP contribution in [0.3, 0.4) is 0 Å². The maximum absolute atomic E-state index is 13.0. The molecular weight excluding hydrogens is 398 g/mol. The third-order valence-electron chi connectivity index (χ3n) is 6.76. The van der Waals surface area contributed by atoms with Crippen molar-refractivity contribution in [3.8, 4) is 0 Å². The van der Waals surface area contributed by atoms with Crippen LogP contribution in [-0.2, 0) is 16.1 Å².